The zero-order chi connectivity index (χ0) is 37.2. The number of aromatic amines is 1. The third-order valence-corrected chi connectivity index (χ3v) is 12.5. The zero-order valence-electron chi connectivity index (χ0n) is 30.4. The molecule has 0 saturated heterocycles. The summed E-state index contributed by atoms with van der Waals surface area (Å²) in [5, 5.41) is 22.1. The van der Waals surface area contributed by atoms with Gasteiger partial charge in [-0.1, -0.05) is 75.6 Å². The number of aliphatic hydroxyl groups excluding tert-OH is 1. The molecule has 1 saturated carbocycles. The summed E-state index contributed by atoms with van der Waals surface area (Å²) in [6, 6.07) is 16.7. The fraction of sp³-hybridized carbons (Fsp3) is 0.349. The summed E-state index contributed by atoms with van der Waals surface area (Å²) in [4.78, 5) is 41.4. The average molecular weight is 737 g/mol. The van der Waals surface area contributed by atoms with Crippen molar-refractivity contribution in [3.05, 3.63) is 95.3 Å². The molecule has 278 valence electrons. The van der Waals surface area contributed by atoms with Crippen LogP contribution in [0.2, 0.25) is 0 Å². The van der Waals surface area contributed by atoms with Gasteiger partial charge in [0.25, 0.3) is 0 Å². The van der Waals surface area contributed by atoms with Gasteiger partial charge in [0.2, 0.25) is 23.6 Å². The van der Waals surface area contributed by atoms with E-state index in [1.165, 1.54) is 0 Å². The van der Waals surface area contributed by atoms with Crippen LogP contribution < -0.4 is 20.7 Å². The first kappa shape index (κ1) is 32.5. The number of benzene rings is 3. The standard InChI is InChI=1S/C43H40N6O6/c1-20(2)33-41-48-35-37(55-41)43-26-12-6-11-24(23-10-7-13-28-32(23)25(18-44-28)31-19-45-40(35)53-31)34(26)49-42(43)54-30-15-14-21(16-27(30)43)17-29(38(51)47-33)46-39(52)36(50)22-8-4-3-5-9-22/h6-7,10-16,18-20,22,29,33,36,42,44,49-50H,3-5,8-9,17H2,1-2H3,(H,46,52)(H,47,51)/t29-,33-,36-,42?,43-/m0/s1. The van der Waals surface area contributed by atoms with Crippen LogP contribution in [-0.2, 0) is 21.4 Å². The van der Waals surface area contributed by atoms with Gasteiger partial charge in [0.05, 0.1) is 6.20 Å². The smallest absolute Gasteiger partial charge is 0.249 e. The highest BCUT2D eigenvalue weighted by Crippen LogP contribution is 2.61. The topological polar surface area (TPSA) is 168 Å². The van der Waals surface area contributed by atoms with Gasteiger partial charge in [-0.3, -0.25) is 9.59 Å². The van der Waals surface area contributed by atoms with Crippen LogP contribution in [0.15, 0.2) is 75.8 Å². The number of ether oxygens (including phenoxy) is 1. The second kappa shape index (κ2) is 11.8. The Morgan fingerprint density at radius 2 is 1.82 bits per heavy atom. The van der Waals surface area contributed by atoms with Crippen LogP contribution in [0.5, 0.6) is 5.75 Å². The van der Waals surface area contributed by atoms with Crippen LogP contribution in [0.3, 0.4) is 0 Å². The molecule has 3 aromatic carbocycles. The number of nitrogens with zero attached hydrogens (tertiary/aromatic N) is 2. The molecule has 11 rings (SSSR count). The molecule has 4 aliphatic heterocycles. The highest BCUT2D eigenvalue weighted by atomic mass is 16.5. The fourth-order valence-electron chi connectivity index (χ4n) is 9.78. The maximum atomic E-state index is 14.3. The summed E-state index contributed by atoms with van der Waals surface area (Å²) in [5.74, 6) is 1.06. The van der Waals surface area contributed by atoms with E-state index < -0.39 is 41.6 Å². The quantitative estimate of drug-likeness (QED) is 0.132. The third kappa shape index (κ3) is 4.60. The maximum Gasteiger partial charge on any atom is 0.249 e. The Kier molecular flexibility index (Phi) is 6.99. The Bertz CT molecular complexity index is 2560. The molecule has 3 aromatic heterocycles. The second-order valence-corrected chi connectivity index (χ2v) is 16.0. The number of anilines is 1. The van der Waals surface area contributed by atoms with Crippen molar-refractivity contribution < 1.29 is 28.3 Å². The molecular formula is C43H40N6O6. The Labute approximate surface area is 316 Å². The number of para-hydroxylation sites is 1. The Hall–Kier alpha value is -5.88. The molecular weight excluding hydrogens is 697 g/mol. The molecule has 2 amide bonds. The Morgan fingerprint density at radius 3 is 2.67 bits per heavy atom. The predicted octanol–water partition coefficient (Wildman–Crippen LogP) is 6.73. The number of aliphatic hydroxyl groups is 1. The molecule has 1 unspecified atom stereocenters. The summed E-state index contributed by atoms with van der Waals surface area (Å²) < 4.78 is 20.5. The van der Waals surface area contributed by atoms with Crippen LogP contribution in [-0.4, -0.2) is 50.2 Å². The van der Waals surface area contributed by atoms with Crippen molar-refractivity contribution >= 4 is 28.4 Å². The van der Waals surface area contributed by atoms with Gasteiger partial charge in [0.15, 0.2) is 23.4 Å². The van der Waals surface area contributed by atoms with Gasteiger partial charge in [-0.25, -0.2) is 9.97 Å². The van der Waals surface area contributed by atoms with Crippen molar-refractivity contribution in [3.8, 4) is 39.8 Å². The van der Waals surface area contributed by atoms with Crippen LogP contribution in [0.1, 0.15) is 80.3 Å². The number of H-pyrrole nitrogens is 1. The van der Waals surface area contributed by atoms with Crippen molar-refractivity contribution in [1.82, 2.24) is 25.6 Å². The minimum absolute atomic E-state index is 0.133. The van der Waals surface area contributed by atoms with Crippen LogP contribution >= 0.6 is 0 Å². The monoisotopic (exact) mass is 736 g/mol. The summed E-state index contributed by atoms with van der Waals surface area (Å²) >= 11 is 0. The lowest BCUT2D eigenvalue weighted by molar-refractivity contribution is -0.137. The summed E-state index contributed by atoms with van der Waals surface area (Å²) in [6.07, 6.45) is 6.65. The molecule has 1 spiro atoms. The Balaban J connectivity index is 1.15. The number of hydrogen-bond acceptors (Lipinski definition) is 9. The lowest BCUT2D eigenvalue weighted by atomic mass is 9.72. The zero-order valence-corrected chi connectivity index (χ0v) is 30.4. The van der Waals surface area contributed by atoms with Crippen molar-refractivity contribution in [1.29, 1.82) is 0 Å². The number of aromatic nitrogens is 3. The van der Waals surface area contributed by atoms with E-state index in [-0.39, 0.29) is 30.0 Å². The van der Waals surface area contributed by atoms with Gasteiger partial charge in [-0.2, -0.15) is 0 Å². The molecule has 7 heterocycles. The van der Waals surface area contributed by atoms with Gasteiger partial charge in [0, 0.05) is 51.5 Å². The first-order chi connectivity index (χ1) is 26.8. The maximum absolute atomic E-state index is 14.3. The van der Waals surface area contributed by atoms with E-state index in [2.05, 4.69) is 51.3 Å². The SMILES string of the molecule is CC(C)[C@@H]1NC(=O)[C@@H](NC(=O)[C@@H](O)C2CCCCC2)Cc2ccc3c(c2)[C@]24c5cccc(c5NC2O3)-c2cccc3[nH]cc(c23)-c2cnc(o2)-c2nc1oc24. The Morgan fingerprint density at radius 1 is 0.982 bits per heavy atom. The molecule has 55 heavy (non-hydrogen) atoms. The number of carbonyl (C=O) groups excluding carboxylic acids is 2. The highest BCUT2D eigenvalue weighted by molar-refractivity contribution is 6.07. The fourth-order valence-corrected chi connectivity index (χ4v) is 9.78. The average Bonchev–Trinajstić information content (AvgIpc) is 4.02. The lowest BCUT2D eigenvalue weighted by Gasteiger charge is -2.30. The second-order valence-electron chi connectivity index (χ2n) is 16.0. The van der Waals surface area contributed by atoms with E-state index in [1.807, 2.05) is 44.3 Å². The van der Waals surface area contributed by atoms with Crippen LogP contribution in [0.4, 0.5) is 5.69 Å². The number of oxazole rings is 2. The van der Waals surface area contributed by atoms with Gasteiger partial charge >= 0.3 is 0 Å². The van der Waals surface area contributed by atoms with Crippen molar-refractivity contribution in [2.24, 2.45) is 11.8 Å². The molecule has 12 heteroatoms. The van der Waals surface area contributed by atoms with Crippen LogP contribution in [0, 0.1) is 11.8 Å². The molecule has 10 bridgehead atoms. The van der Waals surface area contributed by atoms with Crippen molar-refractivity contribution in [2.45, 2.75) is 82.2 Å². The van der Waals surface area contributed by atoms with E-state index in [0.717, 1.165) is 82.1 Å². The first-order valence-corrected chi connectivity index (χ1v) is 19.4. The molecule has 5 N–H and O–H groups in total. The molecule has 12 nitrogen and oxygen atoms in total. The molecule has 1 fully saturated rings. The lowest BCUT2D eigenvalue weighted by Crippen LogP contribution is -2.53. The van der Waals surface area contributed by atoms with E-state index in [0.29, 0.717) is 23.0 Å². The normalized spacial score (nSPS) is 23.9. The number of amides is 2. The third-order valence-electron chi connectivity index (χ3n) is 12.5. The molecule has 5 atom stereocenters. The van der Waals surface area contributed by atoms with Gasteiger partial charge in [-0.15, -0.1) is 0 Å². The number of rotatable bonds is 4. The summed E-state index contributed by atoms with van der Waals surface area (Å²) in [7, 11) is 0. The molecule has 5 aliphatic rings. The number of fused-ring (bicyclic) bond motifs is 7. The highest BCUT2D eigenvalue weighted by Gasteiger charge is 2.61. The van der Waals surface area contributed by atoms with Crippen LogP contribution in [0.25, 0.3) is 44.9 Å². The summed E-state index contributed by atoms with van der Waals surface area (Å²) in [5.41, 5.74) is 6.70. The number of hydrogen-bond donors (Lipinski definition) is 5. The first-order valence-electron chi connectivity index (χ1n) is 19.4. The van der Waals surface area contributed by atoms with Crippen molar-refractivity contribution in [3.63, 3.8) is 0 Å². The number of nitrogens with one attached hydrogen (secondary N) is 4. The van der Waals surface area contributed by atoms with E-state index >= 15 is 0 Å². The largest absolute Gasteiger partial charge is 0.469 e. The predicted molar refractivity (Wildman–Crippen MR) is 203 cm³/mol. The summed E-state index contributed by atoms with van der Waals surface area (Å²) in [6.45, 7) is 3.97. The van der Waals surface area contributed by atoms with Crippen molar-refractivity contribution in [2.75, 3.05) is 5.32 Å². The van der Waals surface area contributed by atoms with Gasteiger partial charge in [-0.05, 0) is 47.9 Å². The van der Waals surface area contributed by atoms with E-state index in [4.69, 9.17) is 23.5 Å². The molecule has 6 aromatic rings. The van der Waals surface area contributed by atoms with E-state index in [9.17, 15) is 14.7 Å². The van der Waals surface area contributed by atoms with Gasteiger partial charge < -0.3 is 39.6 Å². The number of carbonyl (C=O) groups is 2. The van der Waals surface area contributed by atoms with E-state index in [1.54, 1.807) is 6.20 Å². The minimum Gasteiger partial charge on any atom is -0.469 e. The molecule has 0 radical (unpaired) electrons. The minimum atomic E-state index is -1.19. The molecule has 1 aliphatic carbocycles. The van der Waals surface area contributed by atoms with Gasteiger partial charge in [0.1, 0.15) is 29.4 Å².